The lowest BCUT2D eigenvalue weighted by Gasteiger charge is -2.06. The van der Waals surface area contributed by atoms with Gasteiger partial charge in [0, 0.05) is 5.56 Å². The highest BCUT2D eigenvalue weighted by molar-refractivity contribution is 7.98. The SMILES string of the molecule is CSc1nc(-c2ccc(C(F)(F)F)cc2)c(C(=O)O)[nH]1. The van der Waals surface area contributed by atoms with Crippen LogP contribution in [0.2, 0.25) is 0 Å². The third-order valence-corrected chi connectivity index (χ3v) is 3.16. The first-order chi connectivity index (χ1) is 9.32. The summed E-state index contributed by atoms with van der Waals surface area (Å²) in [5, 5.41) is 9.45. The van der Waals surface area contributed by atoms with Gasteiger partial charge < -0.3 is 10.1 Å². The van der Waals surface area contributed by atoms with Crippen LogP contribution in [-0.2, 0) is 6.18 Å². The zero-order valence-corrected chi connectivity index (χ0v) is 11.0. The Morgan fingerprint density at radius 2 is 1.90 bits per heavy atom. The van der Waals surface area contributed by atoms with Crippen molar-refractivity contribution >= 4 is 17.7 Å². The Morgan fingerprint density at radius 3 is 2.35 bits per heavy atom. The molecule has 0 radical (unpaired) electrons. The van der Waals surface area contributed by atoms with Crippen molar-refractivity contribution in [2.75, 3.05) is 6.26 Å². The fourth-order valence-electron chi connectivity index (χ4n) is 1.63. The Balaban J connectivity index is 2.46. The number of hydrogen-bond acceptors (Lipinski definition) is 3. The molecule has 1 aromatic heterocycles. The van der Waals surface area contributed by atoms with Gasteiger partial charge in [-0.2, -0.15) is 13.2 Å². The first-order valence-corrected chi connectivity index (χ1v) is 6.60. The maximum Gasteiger partial charge on any atom is 0.416 e. The number of carbonyl (C=O) groups is 1. The summed E-state index contributed by atoms with van der Waals surface area (Å²) in [7, 11) is 0. The van der Waals surface area contributed by atoms with Gasteiger partial charge in [0.25, 0.3) is 0 Å². The monoisotopic (exact) mass is 302 g/mol. The van der Waals surface area contributed by atoms with Gasteiger partial charge in [0.15, 0.2) is 10.9 Å². The van der Waals surface area contributed by atoms with E-state index in [1.807, 2.05) is 0 Å². The van der Waals surface area contributed by atoms with Crippen molar-refractivity contribution in [3.05, 3.63) is 35.5 Å². The molecule has 0 bridgehead atoms. The minimum absolute atomic E-state index is 0.121. The highest BCUT2D eigenvalue weighted by Crippen LogP contribution is 2.31. The van der Waals surface area contributed by atoms with E-state index in [9.17, 15) is 18.0 Å². The van der Waals surface area contributed by atoms with Gasteiger partial charge in [-0.25, -0.2) is 9.78 Å². The van der Waals surface area contributed by atoms with Crippen LogP contribution in [0.5, 0.6) is 0 Å². The smallest absolute Gasteiger partial charge is 0.416 e. The summed E-state index contributed by atoms with van der Waals surface area (Å²) in [6, 6.07) is 4.20. The summed E-state index contributed by atoms with van der Waals surface area (Å²) in [5.74, 6) is -1.22. The van der Waals surface area contributed by atoms with E-state index in [0.717, 1.165) is 12.1 Å². The van der Waals surface area contributed by atoms with Gasteiger partial charge in [-0.3, -0.25) is 0 Å². The fourth-order valence-corrected chi connectivity index (χ4v) is 2.02. The van der Waals surface area contributed by atoms with E-state index in [4.69, 9.17) is 5.11 Å². The quantitative estimate of drug-likeness (QED) is 0.851. The Morgan fingerprint density at radius 1 is 1.30 bits per heavy atom. The molecule has 2 rings (SSSR count). The second-order valence-corrected chi connectivity index (χ2v) is 4.64. The Kier molecular flexibility index (Phi) is 3.76. The van der Waals surface area contributed by atoms with E-state index in [1.54, 1.807) is 6.26 Å². The predicted molar refractivity (Wildman–Crippen MR) is 67.8 cm³/mol. The molecular formula is C12H9F3N2O2S. The molecule has 0 atom stereocenters. The molecule has 0 saturated carbocycles. The molecule has 4 nitrogen and oxygen atoms in total. The number of nitrogens with one attached hydrogen (secondary N) is 1. The lowest BCUT2D eigenvalue weighted by atomic mass is 10.1. The van der Waals surface area contributed by atoms with Crippen molar-refractivity contribution in [2.45, 2.75) is 11.3 Å². The molecule has 0 aliphatic rings. The van der Waals surface area contributed by atoms with Crippen molar-refractivity contribution < 1.29 is 23.1 Å². The number of aromatic nitrogens is 2. The molecule has 2 N–H and O–H groups in total. The van der Waals surface area contributed by atoms with Gasteiger partial charge in [-0.1, -0.05) is 23.9 Å². The molecule has 0 saturated heterocycles. The number of benzene rings is 1. The highest BCUT2D eigenvalue weighted by atomic mass is 32.2. The number of alkyl halides is 3. The maximum absolute atomic E-state index is 12.5. The molecule has 1 heterocycles. The van der Waals surface area contributed by atoms with E-state index in [-0.39, 0.29) is 11.4 Å². The van der Waals surface area contributed by atoms with Gasteiger partial charge in [-0.15, -0.1) is 0 Å². The maximum atomic E-state index is 12.5. The molecule has 0 aliphatic heterocycles. The first kappa shape index (κ1) is 14.4. The topological polar surface area (TPSA) is 66.0 Å². The Labute approximate surface area is 116 Å². The first-order valence-electron chi connectivity index (χ1n) is 5.38. The molecule has 0 fully saturated rings. The predicted octanol–water partition coefficient (Wildman–Crippen LogP) is 3.52. The largest absolute Gasteiger partial charge is 0.477 e. The van der Waals surface area contributed by atoms with E-state index >= 15 is 0 Å². The second kappa shape index (κ2) is 5.20. The third kappa shape index (κ3) is 2.79. The number of halogens is 3. The van der Waals surface area contributed by atoms with Gasteiger partial charge in [0.2, 0.25) is 0 Å². The summed E-state index contributed by atoms with van der Waals surface area (Å²) in [5.41, 5.74) is -0.504. The van der Waals surface area contributed by atoms with Crippen molar-refractivity contribution in [1.82, 2.24) is 9.97 Å². The van der Waals surface area contributed by atoms with E-state index in [0.29, 0.717) is 10.7 Å². The summed E-state index contributed by atoms with van der Waals surface area (Å²) >= 11 is 1.21. The molecule has 1 aromatic carbocycles. The van der Waals surface area contributed by atoms with Crippen LogP contribution in [-0.4, -0.2) is 27.3 Å². The van der Waals surface area contributed by atoms with E-state index in [2.05, 4.69) is 9.97 Å². The molecule has 0 unspecified atom stereocenters. The number of nitrogens with zero attached hydrogens (tertiary/aromatic N) is 1. The zero-order valence-electron chi connectivity index (χ0n) is 10.2. The van der Waals surface area contributed by atoms with Crippen LogP contribution >= 0.6 is 11.8 Å². The van der Waals surface area contributed by atoms with Gasteiger partial charge in [0.1, 0.15) is 5.69 Å². The van der Waals surface area contributed by atoms with E-state index in [1.165, 1.54) is 23.9 Å². The number of carboxylic acid groups (broad SMARTS) is 1. The molecular weight excluding hydrogens is 293 g/mol. The van der Waals surface area contributed by atoms with Gasteiger partial charge >= 0.3 is 12.1 Å². The number of thioether (sulfide) groups is 1. The van der Waals surface area contributed by atoms with Gasteiger partial charge in [-0.05, 0) is 18.4 Å². The average molecular weight is 302 g/mol. The van der Waals surface area contributed by atoms with Crippen LogP contribution in [0.25, 0.3) is 11.3 Å². The normalized spacial score (nSPS) is 11.6. The van der Waals surface area contributed by atoms with Crippen molar-refractivity contribution in [2.24, 2.45) is 0 Å². The average Bonchev–Trinajstić information content (AvgIpc) is 2.82. The van der Waals surface area contributed by atoms with Crippen LogP contribution < -0.4 is 0 Å². The molecule has 0 amide bonds. The van der Waals surface area contributed by atoms with Crippen molar-refractivity contribution in [1.29, 1.82) is 0 Å². The minimum atomic E-state index is -4.43. The van der Waals surface area contributed by atoms with Crippen LogP contribution in [0.4, 0.5) is 13.2 Å². The molecule has 20 heavy (non-hydrogen) atoms. The Bertz CT molecular complexity index is 635. The van der Waals surface area contributed by atoms with Crippen LogP contribution in [0.1, 0.15) is 16.1 Å². The summed E-state index contributed by atoms with van der Waals surface area (Å²) in [6.07, 6.45) is -2.72. The van der Waals surface area contributed by atoms with Gasteiger partial charge in [0.05, 0.1) is 5.56 Å². The van der Waals surface area contributed by atoms with Crippen molar-refractivity contribution in [3.63, 3.8) is 0 Å². The molecule has 0 aliphatic carbocycles. The number of rotatable bonds is 3. The third-order valence-electron chi connectivity index (χ3n) is 2.57. The standard InChI is InChI=1S/C12H9F3N2O2S/c1-20-11-16-8(9(17-11)10(18)19)6-2-4-7(5-3-6)12(13,14)15/h2-5H,1H3,(H,16,17)(H,18,19). The lowest BCUT2D eigenvalue weighted by Crippen LogP contribution is -2.04. The number of aromatic carboxylic acids is 1. The zero-order chi connectivity index (χ0) is 14.9. The summed E-state index contributed by atoms with van der Waals surface area (Å²) in [6.45, 7) is 0. The molecule has 2 aromatic rings. The van der Waals surface area contributed by atoms with Crippen LogP contribution in [0.15, 0.2) is 29.4 Å². The highest BCUT2D eigenvalue weighted by Gasteiger charge is 2.30. The number of carboxylic acids is 1. The lowest BCUT2D eigenvalue weighted by molar-refractivity contribution is -0.137. The number of aromatic amines is 1. The van der Waals surface area contributed by atoms with Crippen LogP contribution in [0.3, 0.4) is 0 Å². The second-order valence-electron chi connectivity index (χ2n) is 3.85. The molecule has 0 spiro atoms. The number of H-pyrrole nitrogens is 1. The van der Waals surface area contributed by atoms with E-state index < -0.39 is 17.7 Å². The number of imidazole rings is 1. The minimum Gasteiger partial charge on any atom is -0.477 e. The summed E-state index contributed by atoms with van der Waals surface area (Å²) < 4.78 is 37.4. The fraction of sp³-hybridized carbons (Fsp3) is 0.167. The van der Waals surface area contributed by atoms with Crippen LogP contribution in [0, 0.1) is 0 Å². The van der Waals surface area contributed by atoms with Crippen molar-refractivity contribution in [3.8, 4) is 11.3 Å². The summed E-state index contributed by atoms with van der Waals surface area (Å²) in [4.78, 5) is 17.8. The molecule has 106 valence electrons. The number of hydrogen-bond donors (Lipinski definition) is 2. The Hall–Kier alpha value is -1.96. The molecule has 8 heteroatoms.